The lowest BCUT2D eigenvalue weighted by Crippen LogP contribution is -2.34. The predicted octanol–water partition coefficient (Wildman–Crippen LogP) is 0.507. The molecule has 0 fully saturated rings. The minimum Gasteiger partial charge on any atom is -0.465 e. The first-order valence-corrected chi connectivity index (χ1v) is 6.35. The molecule has 1 rings (SSSR count). The molecule has 0 saturated carbocycles. The lowest BCUT2D eigenvalue weighted by molar-refractivity contribution is -0.144. The molecule has 5 nitrogen and oxygen atoms in total. The van der Waals surface area contributed by atoms with Crippen LogP contribution in [0, 0.1) is 0 Å². The Bertz CT molecular complexity index is 303. The summed E-state index contributed by atoms with van der Waals surface area (Å²) < 4.78 is 6.80. The van der Waals surface area contributed by atoms with Crippen molar-refractivity contribution in [3.8, 4) is 0 Å². The highest BCUT2D eigenvalue weighted by Gasteiger charge is 2.13. The molecule has 1 unspecified atom stereocenters. The van der Waals surface area contributed by atoms with Gasteiger partial charge in [-0.05, 0) is 6.92 Å². The summed E-state index contributed by atoms with van der Waals surface area (Å²) in [6.45, 7) is 3.03. The van der Waals surface area contributed by atoms with Crippen LogP contribution in [0.3, 0.4) is 0 Å². The number of rotatable bonds is 7. The van der Waals surface area contributed by atoms with Crippen molar-refractivity contribution in [2.45, 2.75) is 19.5 Å². The van der Waals surface area contributed by atoms with E-state index in [0.29, 0.717) is 12.4 Å². The van der Waals surface area contributed by atoms with E-state index in [1.165, 1.54) is 0 Å². The third-order valence-corrected chi connectivity index (χ3v) is 3.01. The van der Waals surface area contributed by atoms with E-state index in [4.69, 9.17) is 10.5 Å². The fourth-order valence-corrected chi connectivity index (χ4v) is 2.01. The first kappa shape index (κ1) is 13.1. The van der Waals surface area contributed by atoms with Crippen LogP contribution in [0.5, 0.6) is 0 Å². The quantitative estimate of drug-likeness (QED) is 0.558. The predicted molar refractivity (Wildman–Crippen MR) is 64.2 cm³/mol. The van der Waals surface area contributed by atoms with Gasteiger partial charge in [0, 0.05) is 30.4 Å². The third kappa shape index (κ3) is 4.67. The molecule has 0 amide bonds. The minimum absolute atomic E-state index is 0.322. The molecule has 2 N–H and O–H groups in total. The largest absolute Gasteiger partial charge is 0.465 e. The van der Waals surface area contributed by atoms with Crippen molar-refractivity contribution < 1.29 is 9.53 Å². The molecule has 90 valence electrons. The van der Waals surface area contributed by atoms with Crippen LogP contribution in [0.4, 0.5) is 0 Å². The Balaban J connectivity index is 2.08. The molecule has 1 heterocycles. The second kappa shape index (κ2) is 7.29. The third-order valence-electron chi connectivity index (χ3n) is 1.94. The van der Waals surface area contributed by atoms with Gasteiger partial charge in [-0.3, -0.25) is 4.79 Å². The summed E-state index contributed by atoms with van der Waals surface area (Å²) in [6, 6.07) is -0.521. The lowest BCUT2D eigenvalue weighted by atomic mass is 10.4. The molecular weight excluding hydrogens is 226 g/mol. The molecule has 16 heavy (non-hydrogen) atoms. The molecule has 0 radical (unpaired) electrons. The summed E-state index contributed by atoms with van der Waals surface area (Å²) in [7, 11) is 0. The van der Waals surface area contributed by atoms with Gasteiger partial charge in [0.1, 0.15) is 6.04 Å². The number of carbonyl (C=O) groups excluding carboxylic acids is 1. The van der Waals surface area contributed by atoms with Gasteiger partial charge in [0.2, 0.25) is 0 Å². The zero-order valence-electron chi connectivity index (χ0n) is 9.33. The van der Waals surface area contributed by atoms with Crippen LogP contribution in [-0.2, 0) is 16.1 Å². The van der Waals surface area contributed by atoms with Crippen molar-refractivity contribution >= 4 is 17.7 Å². The second-order valence-electron chi connectivity index (χ2n) is 3.23. The summed E-state index contributed by atoms with van der Waals surface area (Å²) in [6.07, 6.45) is 5.42. The number of thioether (sulfide) groups is 1. The zero-order valence-corrected chi connectivity index (χ0v) is 10.2. The van der Waals surface area contributed by atoms with Crippen LogP contribution in [0.15, 0.2) is 18.7 Å². The number of ether oxygens (including phenoxy) is 1. The van der Waals surface area contributed by atoms with Gasteiger partial charge in [-0.15, -0.1) is 0 Å². The number of nitrogens with zero attached hydrogens (tertiary/aromatic N) is 2. The molecule has 0 aliphatic heterocycles. The summed E-state index contributed by atoms with van der Waals surface area (Å²) in [5.74, 6) is 1.18. The van der Waals surface area contributed by atoms with Gasteiger partial charge in [0.15, 0.2) is 0 Å². The van der Waals surface area contributed by atoms with Crippen molar-refractivity contribution in [1.29, 1.82) is 0 Å². The summed E-state index contributed by atoms with van der Waals surface area (Å²) in [5, 5.41) is 0. The zero-order chi connectivity index (χ0) is 11.8. The van der Waals surface area contributed by atoms with E-state index >= 15 is 0 Å². The Hall–Kier alpha value is -1.01. The second-order valence-corrected chi connectivity index (χ2v) is 4.38. The Labute approximate surface area is 99.4 Å². The van der Waals surface area contributed by atoms with Crippen molar-refractivity contribution in [3.05, 3.63) is 18.7 Å². The number of nitrogens with two attached hydrogens (primary N) is 1. The van der Waals surface area contributed by atoms with E-state index in [1.807, 2.05) is 10.8 Å². The minimum atomic E-state index is -0.521. The number of hydrogen-bond donors (Lipinski definition) is 1. The van der Waals surface area contributed by atoms with Gasteiger partial charge < -0.3 is 15.0 Å². The van der Waals surface area contributed by atoms with Crippen molar-refractivity contribution in [3.63, 3.8) is 0 Å². The lowest BCUT2D eigenvalue weighted by Gasteiger charge is -2.09. The van der Waals surface area contributed by atoms with Crippen molar-refractivity contribution in [2.75, 3.05) is 18.1 Å². The molecule has 6 heteroatoms. The van der Waals surface area contributed by atoms with Crippen LogP contribution >= 0.6 is 11.8 Å². The Morgan fingerprint density at radius 3 is 3.12 bits per heavy atom. The smallest absolute Gasteiger partial charge is 0.323 e. The van der Waals surface area contributed by atoms with E-state index in [2.05, 4.69) is 4.98 Å². The van der Waals surface area contributed by atoms with E-state index in [1.54, 1.807) is 31.2 Å². The number of carbonyl (C=O) groups is 1. The molecule has 0 aliphatic rings. The van der Waals surface area contributed by atoms with E-state index < -0.39 is 6.04 Å². The van der Waals surface area contributed by atoms with E-state index in [9.17, 15) is 4.79 Å². The van der Waals surface area contributed by atoms with Crippen molar-refractivity contribution in [1.82, 2.24) is 9.55 Å². The molecule has 0 spiro atoms. The Morgan fingerprint density at radius 2 is 2.50 bits per heavy atom. The van der Waals surface area contributed by atoms with Gasteiger partial charge in [0.25, 0.3) is 0 Å². The highest BCUT2D eigenvalue weighted by Crippen LogP contribution is 2.04. The number of imidazole rings is 1. The molecule has 0 bridgehead atoms. The highest BCUT2D eigenvalue weighted by molar-refractivity contribution is 7.99. The SMILES string of the molecule is CCOC(=O)C(N)CSCCn1ccnc1. The maximum Gasteiger partial charge on any atom is 0.323 e. The van der Waals surface area contributed by atoms with Gasteiger partial charge >= 0.3 is 5.97 Å². The number of aryl methyl sites for hydroxylation is 1. The normalized spacial score (nSPS) is 12.4. The first-order valence-electron chi connectivity index (χ1n) is 5.19. The standard InChI is InChI=1S/C10H17N3O2S/c1-2-15-10(14)9(11)7-16-6-5-13-4-3-12-8-13/h3-4,8-9H,2,5-7,11H2,1H3. The molecule has 1 aromatic heterocycles. The van der Waals surface area contributed by atoms with Gasteiger partial charge in [-0.1, -0.05) is 0 Å². The van der Waals surface area contributed by atoms with Crippen LogP contribution < -0.4 is 5.73 Å². The molecule has 1 aromatic rings. The Kier molecular flexibility index (Phi) is 5.95. The number of esters is 1. The van der Waals surface area contributed by atoms with E-state index in [0.717, 1.165) is 12.3 Å². The number of aromatic nitrogens is 2. The summed E-state index contributed by atoms with van der Waals surface area (Å²) in [5.41, 5.74) is 5.65. The molecule has 1 atom stereocenters. The monoisotopic (exact) mass is 243 g/mol. The topological polar surface area (TPSA) is 70.1 Å². The van der Waals surface area contributed by atoms with Crippen molar-refractivity contribution in [2.24, 2.45) is 5.73 Å². The maximum absolute atomic E-state index is 11.2. The molecule has 0 aliphatic carbocycles. The van der Waals surface area contributed by atoms with Crippen LogP contribution in [0.1, 0.15) is 6.92 Å². The fraction of sp³-hybridized carbons (Fsp3) is 0.600. The molecular formula is C10H17N3O2S. The highest BCUT2D eigenvalue weighted by atomic mass is 32.2. The van der Waals surface area contributed by atoms with Gasteiger partial charge in [-0.25, -0.2) is 4.98 Å². The Morgan fingerprint density at radius 1 is 1.69 bits per heavy atom. The first-order chi connectivity index (χ1) is 7.74. The van der Waals surface area contributed by atoms with Crippen LogP contribution in [0.2, 0.25) is 0 Å². The summed E-state index contributed by atoms with van der Waals surface area (Å²) >= 11 is 1.64. The fourth-order valence-electron chi connectivity index (χ4n) is 1.12. The molecule has 0 saturated heterocycles. The maximum atomic E-state index is 11.2. The van der Waals surface area contributed by atoms with Gasteiger partial charge in [0.05, 0.1) is 12.9 Å². The molecule has 0 aromatic carbocycles. The number of hydrogen-bond acceptors (Lipinski definition) is 5. The van der Waals surface area contributed by atoms with E-state index in [-0.39, 0.29) is 5.97 Å². The van der Waals surface area contributed by atoms with Crippen LogP contribution in [-0.4, -0.2) is 39.7 Å². The average Bonchev–Trinajstić information content (AvgIpc) is 2.77. The average molecular weight is 243 g/mol. The van der Waals surface area contributed by atoms with Crippen LogP contribution in [0.25, 0.3) is 0 Å². The summed E-state index contributed by atoms with van der Waals surface area (Å²) in [4.78, 5) is 15.1. The van der Waals surface area contributed by atoms with Gasteiger partial charge in [-0.2, -0.15) is 11.8 Å².